The van der Waals surface area contributed by atoms with Crippen LogP contribution in [-0.4, -0.2) is 58.2 Å². The summed E-state index contributed by atoms with van der Waals surface area (Å²) >= 11 is 0. The molecule has 7 nitrogen and oxygen atoms in total. The summed E-state index contributed by atoms with van der Waals surface area (Å²) in [5, 5.41) is 2.27. The number of hydrazine groups is 1. The molecule has 0 spiro atoms. The third kappa shape index (κ3) is 5.38. The fourth-order valence-electron chi connectivity index (χ4n) is 4.02. The number of nitrogens with zero attached hydrogens (tertiary/aromatic N) is 6. The summed E-state index contributed by atoms with van der Waals surface area (Å²) in [6, 6.07) is 0. The van der Waals surface area contributed by atoms with Gasteiger partial charge in [-0.2, -0.15) is 15.0 Å². The Morgan fingerprint density at radius 2 is 1.31 bits per heavy atom. The Morgan fingerprint density at radius 3 is 1.72 bits per heavy atom. The van der Waals surface area contributed by atoms with Crippen LogP contribution in [0, 0.1) is 11.3 Å². The van der Waals surface area contributed by atoms with Crippen LogP contribution >= 0.6 is 0 Å². The quantitative estimate of drug-likeness (QED) is 0.474. The van der Waals surface area contributed by atoms with E-state index in [0.717, 1.165) is 13.0 Å². The summed E-state index contributed by atoms with van der Waals surface area (Å²) in [6.07, 6.45) is 8.45. The van der Waals surface area contributed by atoms with Crippen LogP contribution in [0.25, 0.3) is 0 Å². The highest BCUT2D eigenvalue weighted by atomic mass is 15.6. The Kier molecular flexibility index (Phi) is 8.61. The summed E-state index contributed by atoms with van der Waals surface area (Å²) in [5.74, 6) is 2.31. The summed E-state index contributed by atoms with van der Waals surface area (Å²) < 4.78 is 0. The lowest BCUT2D eigenvalue weighted by molar-refractivity contribution is -0.0519. The lowest BCUT2D eigenvalue weighted by atomic mass is 9.63. The van der Waals surface area contributed by atoms with Crippen LogP contribution in [0.4, 0.5) is 17.8 Å². The van der Waals surface area contributed by atoms with E-state index in [4.69, 9.17) is 15.0 Å². The monoisotopic (exact) mass is 439 g/mol. The van der Waals surface area contributed by atoms with E-state index in [1.165, 1.54) is 0 Å². The molecule has 0 aromatic carbocycles. The fraction of sp³-hybridized carbons (Fsp3) is 0.560. The van der Waals surface area contributed by atoms with Gasteiger partial charge in [-0.25, -0.2) is 5.01 Å². The predicted molar refractivity (Wildman–Crippen MR) is 137 cm³/mol. The average Bonchev–Trinajstić information content (AvgIpc) is 2.74. The highest BCUT2D eigenvalue weighted by Gasteiger charge is 2.48. The molecule has 1 aliphatic heterocycles. The van der Waals surface area contributed by atoms with E-state index in [1.54, 1.807) is 0 Å². The maximum absolute atomic E-state index is 4.78. The van der Waals surface area contributed by atoms with Crippen LogP contribution in [0.2, 0.25) is 0 Å². The molecule has 0 saturated carbocycles. The fourth-order valence-corrected chi connectivity index (χ4v) is 4.02. The second-order valence-corrected chi connectivity index (χ2v) is 9.46. The molecule has 1 unspecified atom stereocenters. The standard InChI is InChI=1S/C25H41N7/c1-10-15-30(16-11-2)22-26-21(27-23(28-22)31(17-12-3)18-13-4)29-32-19-14-20(5)24(6,7)25(32,8)9/h10-13,20H,1-4,14-19H2,5-9H3,(H,26,27,28,29). The normalized spacial score (nSPS) is 19.6. The highest BCUT2D eigenvalue weighted by Crippen LogP contribution is 2.46. The van der Waals surface area contributed by atoms with E-state index in [0.29, 0.717) is 49.9 Å². The Balaban J connectivity index is 2.50. The smallest absolute Gasteiger partial charge is 0.244 e. The zero-order valence-corrected chi connectivity index (χ0v) is 20.6. The molecule has 1 saturated heterocycles. The highest BCUT2D eigenvalue weighted by molar-refractivity contribution is 5.46. The van der Waals surface area contributed by atoms with Gasteiger partial charge in [0.25, 0.3) is 0 Å². The molecule has 1 aromatic rings. The minimum Gasteiger partial charge on any atom is -0.333 e. The SMILES string of the molecule is C=CCN(CC=C)c1nc(NN2CCC(C)C(C)(C)C2(C)C)nc(N(CC=C)CC=C)n1. The molecule has 7 heteroatoms. The Morgan fingerprint density at radius 1 is 0.875 bits per heavy atom. The van der Waals surface area contributed by atoms with Crippen molar-refractivity contribution in [2.24, 2.45) is 11.3 Å². The maximum Gasteiger partial charge on any atom is 0.244 e. The molecule has 176 valence electrons. The lowest BCUT2D eigenvalue weighted by Gasteiger charge is -2.56. The molecule has 1 N–H and O–H groups in total. The first-order valence-corrected chi connectivity index (χ1v) is 11.4. The van der Waals surface area contributed by atoms with Crippen molar-refractivity contribution >= 4 is 17.8 Å². The number of rotatable bonds is 12. The molecule has 2 rings (SSSR count). The largest absolute Gasteiger partial charge is 0.333 e. The zero-order valence-electron chi connectivity index (χ0n) is 20.6. The van der Waals surface area contributed by atoms with E-state index in [2.05, 4.69) is 71.4 Å². The van der Waals surface area contributed by atoms with Crippen LogP contribution in [0.3, 0.4) is 0 Å². The van der Waals surface area contributed by atoms with Gasteiger partial charge in [0.05, 0.1) is 0 Å². The first-order chi connectivity index (χ1) is 15.1. The van der Waals surface area contributed by atoms with E-state index in [-0.39, 0.29) is 11.0 Å². The van der Waals surface area contributed by atoms with Gasteiger partial charge in [0, 0.05) is 38.3 Å². The zero-order chi connectivity index (χ0) is 23.9. The second kappa shape index (κ2) is 10.8. The summed E-state index contributed by atoms with van der Waals surface area (Å²) in [5.41, 5.74) is 3.54. The van der Waals surface area contributed by atoms with Crippen molar-refractivity contribution in [2.45, 2.75) is 46.6 Å². The molecular formula is C25H41N7. The molecule has 32 heavy (non-hydrogen) atoms. The van der Waals surface area contributed by atoms with Crippen molar-refractivity contribution in [3.63, 3.8) is 0 Å². The van der Waals surface area contributed by atoms with Gasteiger partial charge in [0.2, 0.25) is 17.8 Å². The van der Waals surface area contributed by atoms with Gasteiger partial charge in [-0.3, -0.25) is 5.43 Å². The van der Waals surface area contributed by atoms with E-state index in [9.17, 15) is 0 Å². The molecular weight excluding hydrogens is 398 g/mol. The number of piperidine rings is 1. The first-order valence-electron chi connectivity index (χ1n) is 11.4. The van der Waals surface area contributed by atoms with Gasteiger partial charge in [0.1, 0.15) is 0 Å². The number of hydrogen-bond donors (Lipinski definition) is 1. The number of nitrogens with one attached hydrogen (secondary N) is 1. The number of hydrogen-bond acceptors (Lipinski definition) is 7. The van der Waals surface area contributed by atoms with Gasteiger partial charge >= 0.3 is 0 Å². The molecule has 0 bridgehead atoms. The van der Waals surface area contributed by atoms with E-state index in [1.807, 2.05) is 34.1 Å². The molecule has 1 fully saturated rings. The van der Waals surface area contributed by atoms with Crippen molar-refractivity contribution in [1.29, 1.82) is 0 Å². The van der Waals surface area contributed by atoms with Crippen molar-refractivity contribution in [1.82, 2.24) is 20.0 Å². The predicted octanol–water partition coefficient (Wildman–Crippen LogP) is 4.70. The second-order valence-electron chi connectivity index (χ2n) is 9.46. The molecule has 0 aliphatic carbocycles. The summed E-state index contributed by atoms with van der Waals surface area (Å²) in [4.78, 5) is 18.3. The molecule has 0 amide bonds. The van der Waals surface area contributed by atoms with Crippen molar-refractivity contribution in [2.75, 3.05) is 47.9 Å². The number of aromatic nitrogens is 3. The first kappa shape index (κ1) is 25.6. The van der Waals surface area contributed by atoms with Crippen LogP contribution in [-0.2, 0) is 0 Å². The van der Waals surface area contributed by atoms with Gasteiger partial charge in [0.15, 0.2) is 0 Å². The summed E-state index contributed by atoms with van der Waals surface area (Å²) in [6.45, 7) is 30.4. The minimum absolute atomic E-state index is 0.0958. The molecule has 2 heterocycles. The third-order valence-electron chi connectivity index (χ3n) is 7.08. The van der Waals surface area contributed by atoms with Crippen LogP contribution < -0.4 is 15.2 Å². The van der Waals surface area contributed by atoms with Gasteiger partial charge < -0.3 is 9.80 Å². The molecule has 1 aromatic heterocycles. The Labute approximate surface area is 194 Å². The number of anilines is 3. The minimum atomic E-state index is -0.0958. The van der Waals surface area contributed by atoms with Crippen LogP contribution in [0.5, 0.6) is 0 Å². The van der Waals surface area contributed by atoms with Gasteiger partial charge in [-0.15, -0.1) is 26.3 Å². The topological polar surface area (TPSA) is 60.4 Å². The molecule has 1 aliphatic rings. The van der Waals surface area contributed by atoms with Crippen LogP contribution in [0.1, 0.15) is 41.0 Å². The van der Waals surface area contributed by atoms with E-state index >= 15 is 0 Å². The summed E-state index contributed by atoms with van der Waals surface area (Å²) in [7, 11) is 0. The van der Waals surface area contributed by atoms with Crippen molar-refractivity contribution < 1.29 is 0 Å². The Hall–Kier alpha value is -2.67. The molecule has 1 atom stereocenters. The molecule has 0 radical (unpaired) electrons. The van der Waals surface area contributed by atoms with Gasteiger partial charge in [-0.05, 0) is 31.6 Å². The van der Waals surface area contributed by atoms with Crippen molar-refractivity contribution in [3.8, 4) is 0 Å². The van der Waals surface area contributed by atoms with Crippen molar-refractivity contribution in [3.05, 3.63) is 50.6 Å². The Bertz CT molecular complexity index is 752. The van der Waals surface area contributed by atoms with Crippen LogP contribution in [0.15, 0.2) is 50.6 Å². The van der Waals surface area contributed by atoms with Gasteiger partial charge in [-0.1, -0.05) is 45.1 Å². The van der Waals surface area contributed by atoms with E-state index < -0.39 is 0 Å². The third-order valence-corrected chi connectivity index (χ3v) is 7.08. The lowest BCUT2D eigenvalue weighted by Crippen LogP contribution is -2.62. The maximum atomic E-state index is 4.78. The average molecular weight is 440 g/mol.